The maximum Gasteiger partial charge on any atom is 0.394 e. The summed E-state index contributed by atoms with van der Waals surface area (Å²) < 4.78 is 55.3. The lowest BCUT2D eigenvalue weighted by Crippen LogP contribution is -2.81. The predicted octanol–water partition coefficient (Wildman–Crippen LogP) is 2.86. The van der Waals surface area contributed by atoms with Gasteiger partial charge in [0.2, 0.25) is 12.0 Å². The molecule has 3 fully saturated rings. The van der Waals surface area contributed by atoms with Gasteiger partial charge in [-0.3, -0.25) is 33.3 Å². The van der Waals surface area contributed by atoms with Crippen molar-refractivity contribution in [3.8, 4) is 5.75 Å². The van der Waals surface area contributed by atoms with Crippen LogP contribution in [0, 0.1) is 11.3 Å². The van der Waals surface area contributed by atoms with Crippen molar-refractivity contribution in [2.24, 2.45) is 11.3 Å². The van der Waals surface area contributed by atoms with Gasteiger partial charge in [0, 0.05) is 78.2 Å². The van der Waals surface area contributed by atoms with Crippen LogP contribution >= 0.6 is 0 Å². The number of para-hydroxylation sites is 1. The lowest BCUT2D eigenvalue weighted by Gasteiger charge is -2.63. The van der Waals surface area contributed by atoms with Crippen LogP contribution in [0.5, 0.6) is 5.75 Å². The third-order valence-corrected chi connectivity index (χ3v) is 15.5. The number of hydrogen-bond donors (Lipinski definition) is 5. The average molecular weight is 923 g/mol. The molecule has 2 saturated heterocycles. The average Bonchev–Trinajstić information content (AvgIpc) is 3.95. The van der Waals surface area contributed by atoms with Crippen LogP contribution in [0.3, 0.4) is 0 Å². The first kappa shape index (κ1) is 46.6. The Morgan fingerprint density at radius 3 is 2.29 bits per heavy atom. The zero-order valence-corrected chi connectivity index (χ0v) is 38.2. The zero-order valence-electron chi connectivity index (χ0n) is 37.4. The Bertz CT molecular complexity index is 2560. The van der Waals surface area contributed by atoms with E-state index in [4.69, 9.17) is 36.5 Å². The minimum Gasteiger partial charge on any atom is -0.496 e. The van der Waals surface area contributed by atoms with Crippen molar-refractivity contribution in [3.05, 3.63) is 70.9 Å². The molecule has 1 aromatic heterocycles. The molecule has 352 valence electrons. The zero-order chi connectivity index (χ0) is 47.1. The molecule has 1 amide bonds. The Morgan fingerprint density at radius 1 is 0.954 bits per heavy atom. The van der Waals surface area contributed by atoms with E-state index in [9.17, 15) is 24.6 Å². The predicted molar refractivity (Wildman–Crippen MR) is 235 cm³/mol. The normalized spacial score (nSPS) is 34.6. The number of ether oxygens (including phenoxy) is 4. The van der Waals surface area contributed by atoms with Gasteiger partial charge in [0.1, 0.15) is 11.2 Å². The number of carbonyl (C=O) groups excluding carboxylic acids is 4. The number of rotatable bonds is 8. The van der Waals surface area contributed by atoms with Gasteiger partial charge in [-0.15, -0.1) is 0 Å². The number of esters is 3. The Hall–Kier alpha value is -4.89. The molecule has 6 aliphatic rings. The first-order valence-corrected chi connectivity index (χ1v) is 23.4. The van der Waals surface area contributed by atoms with Gasteiger partial charge in [0.15, 0.2) is 6.10 Å². The quantitative estimate of drug-likeness (QED) is 0.0717. The molecule has 6 heterocycles. The first-order chi connectivity index (χ1) is 30.8. The van der Waals surface area contributed by atoms with E-state index in [1.54, 1.807) is 6.07 Å². The second kappa shape index (κ2) is 16.5. The number of aliphatic hydroxyl groups is 2. The topological polar surface area (TPSA) is 246 Å². The maximum atomic E-state index is 15.3. The summed E-state index contributed by atoms with van der Waals surface area (Å²) in [4.78, 5) is 66.1. The number of H-pyrrole nitrogens is 1. The molecule has 19 heteroatoms. The van der Waals surface area contributed by atoms with E-state index >= 15 is 4.79 Å². The molecule has 18 nitrogen and oxygen atoms in total. The molecule has 1 saturated carbocycles. The van der Waals surface area contributed by atoms with Crippen molar-refractivity contribution in [2.75, 3.05) is 59.0 Å². The Balaban J connectivity index is 0.00000109. The highest BCUT2D eigenvalue weighted by atomic mass is 32.3. The van der Waals surface area contributed by atoms with Crippen molar-refractivity contribution in [3.63, 3.8) is 0 Å². The van der Waals surface area contributed by atoms with Gasteiger partial charge in [-0.25, -0.2) is 4.79 Å². The van der Waals surface area contributed by atoms with Crippen LogP contribution in [0.1, 0.15) is 75.3 Å². The fourth-order valence-corrected chi connectivity index (χ4v) is 13.4. The van der Waals surface area contributed by atoms with Gasteiger partial charge in [0.05, 0.1) is 38.7 Å². The molecular formula is C46H58N4O14S. The second-order valence-corrected chi connectivity index (χ2v) is 19.4. The highest BCUT2D eigenvalue weighted by molar-refractivity contribution is 7.79. The highest BCUT2D eigenvalue weighted by Crippen LogP contribution is 2.68. The van der Waals surface area contributed by atoms with Gasteiger partial charge >= 0.3 is 28.3 Å². The second-order valence-electron chi connectivity index (χ2n) is 18.6. The minimum atomic E-state index is -4.67. The molecule has 4 unspecified atom stereocenters. The van der Waals surface area contributed by atoms with E-state index in [2.05, 4.69) is 20.9 Å². The summed E-state index contributed by atoms with van der Waals surface area (Å²) in [6.45, 7) is 8.16. The van der Waals surface area contributed by atoms with Crippen LogP contribution < -0.4 is 9.64 Å². The smallest absolute Gasteiger partial charge is 0.394 e. The van der Waals surface area contributed by atoms with Crippen LogP contribution in [0.25, 0.3) is 10.9 Å². The van der Waals surface area contributed by atoms with Crippen LogP contribution in [0.15, 0.2) is 48.6 Å². The van der Waals surface area contributed by atoms with E-state index in [0.717, 1.165) is 16.5 Å². The highest BCUT2D eigenvalue weighted by Gasteiger charge is 2.81. The van der Waals surface area contributed by atoms with Gasteiger partial charge in [-0.05, 0) is 74.2 Å². The third-order valence-electron chi connectivity index (χ3n) is 15.5. The van der Waals surface area contributed by atoms with Crippen LogP contribution in [0.2, 0.25) is 0 Å². The fraction of sp³-hybridized carbons (Fsp3) is 0.565. The van der Waals surface area contributed by atoms with Crippen molar-refractivity contribution in [2.45, 2.75) is 99.5 Å². The van der Waals surface area contributed by atoms with Crippen LogP contribution in [0.4, 0.5) is 5.69 Å². The number of aromatic nitrogens is 1. The number of nitrogens with one attached hydrogen (secondary N) is 1. The van der Waals surface area contributed by atoms with Crippen molar-refractivity contribution >= 4 is 51.3 Å². The van der Waals surface area contributed by atoms with Crippen LogP contribution in [-0.4, -0.2) is 150 Å². The maximum absolute atomic E-state index is 15.3. The molecular weight excluding hydrogens is 865 g/mol. The molecule has 5 N–H and O–H groups in total. The number of amides is 1. The Morgan fingerprint density at radius 2 is 1.66 bits per heavy atom. The number of methoxy groups -OCH3 is 3. The number of benzene rings is 2. The summed E-state index contributed by atoms with van der Waals surface area (Å²) in [5.41, 5.74) is -3.15. The van der Waals surface area contributed by atoms with Crippen molar-refractivity contribution in [1.82, 2.24) is 14.8 Å². The van der Waals surface area contributed by atoms with Crippen molar-refractivity contribution in [1.29, 1.82) is 0 Å². The number of piperidine rings is 1. The summed E-state index contributed by atoms with van der Waals surface area (Å²) in [5, 5.41) is 26.3. The van der Waals surface area contributed by atoms with E-state index in [-0.39, 0.29) is 12.3 Å². The largest absolute Gasteiger partial charge is 0.496 e. The molecule has 1 aliphatic carbocycles. The van der Waals surface area contributed by atoms with Gasteiger partial charge < -0.3 is 39.0 Å². The number of anilines is 1. The molecule has 3 aromatic rings. The fourth-order valence-electron chi connectivity index (χ4n) is 13.4. The van der Waals surface area contributed by atoms with Gasteiger partial charge in [0.25, 0.3) is 0 Å². The molecule has 10 atom stereocenters. The van der Waals surface area contributed by atoms with Gasteiger partial charge in [-0.1, -0.05) is 44.2 Å². The number of carbonyl (C=O) groups is 4. The molecule has 2 bridgehead atoms. The van der Waals surface area contributed by atoms with Crippen molar-refractivity contribution < 1.29 is 65.9 Å². The van der Waals surface area contributed by atoms with E-state index < -0.39 is 73.9 Å². The van der Waals surface area contributed by atoms with E-state index in [1.807, 2.05) is 50.3 Å². The number of hydrogen-bond acceptors (Lipinski definition) is 14. The van der Waals surface area contributed by atoms with E-state index in [1.165, 1.54) is 33.2 Å². The summed E-state index contributed by atoms with van der Waals surface area (Å²) in [6, 6.07) is 9.97. The summed E-state index contributed by atoms with van der Waals surface area (Å²) in [6.07, 6.45) is 5.83. The monoisotopic (exact) mass is 922 g/mol. The molecule has 2 aromatic carbocycles. The Kier molecular flexibility index (Phi) is 11.8. The minimum absolute atomic E-state index is 0.155. The summed E-state index contributed by atoms with van der Waals surface area (Å²) >= 11 is 0. The molecule has 9 rings (SSSR count). The standard InChI is InChI=1S/C46H56N4O10.H2O4S/c1-7-42(55)22-28-23-45(40(53)58-5,36-30(14-18-48(24-28)25-42)29-12-9-10-13-33(29)47-36)32-20-31-34(21-35(32)57-4)50(26-51)38-44(31)16-19-49-17-11-15-43(8-2,37(44)49)39(60-27(3)52)46(38,56)41(54)59-6;1-5(2,3)4/h9-13,15,20-21,26,28,37-39,47,55-56H,7-8,14,16-19,22-25H2,1-6H3;(H2,1,2,3,4)/t28?,37?,38?,39-,42+,43-,44-,45+,46+;/m1./s1. The summed E-state index contributed by atoms with van der Waals surface area (Å²) in [7, 11) is -0.577. The first-order valence-electron chi connectivity index (χ1n) is 22.0. The molecule has 0 radical (unpaired) electrons. The Labute approximate surface area is 377 Å². The van der Waals surface area contributed by atoms with Crippen LogP contribution in [-0.2, 0) is 61.0 Å². The summed E-state index contributed by atoms with van der Waals surface area (Å²) in [5.74, 6) is -2.06. The van der Waals surface area contributed by atoms with Gasteiger partial charge in [-0.2, -0.15) is 8.42 Å². The lowest BCUT2D eigenvalue weighted by molar-refractivity contribution is -0.228. The number of fused-ring (bicyclic) bond motifs is 6. The third kappa shape index (κ3) is 6.90. The molecule has 65 heavy (non-hydrogen) atoms. The molecule has 1 spiro atoms. The van der Waals surface area contributed by atoms with E-state index in [0.29, 0.717) is 99.5 Å². The SMILES string of the molecule is CC[C@]1(O)CC2CN(CCc3c([nH]c4ccccc34)[C@@](C(=O)OC)(c3cc4c(cc3OC)N(C=O)C3[C@]45CCN4CC=C[C@](CC)(C45)[C@@H](OC(C)=O)[C@]3(O)C(=O)OC)C2)C1.O=S(=O)(O)O. The number of aromatic amines is 1. The number of nitrogens with zero attached hydrogens (tertiary/aromatic N) is 3. The lowest BCUT2D eigenvalue weighted by atomic mass is 9.47. The molecule has 5 aliphatic heterocycles.